The van der Waals surface area contributed by atoms with Crippen molar-refractivity contribution in [2.24, 2.45) is 29.6 Å². The molecule has 3 aromatic carbocycles. The Morgan fingerprint density at radius 3 is 2.13 bits per heavy atom. The van der Waals surface area contributed by atoms with Crippen molar-refractivity contribution >= 4 is 52.2 Å². The molecule has 1 aromatic heterocycles. The number of hydrogen-bond donors (Lipinski definition) is 1. The summed E-state index contributed by atoms with van der Waals surface area (Å²) >= 11 is 2.80. The second kappa shape index (κ2) is 11.2. The van der Waals surface area contributed by atoms with E-state index in [1.807, 2.05) is 54.6 Å². The van der Waals surface area contributed by atoms with Crippen molar-refractivity contribution in [2.45, 2.75) is 29.2 Å². The highest BCUT2D eigenvalue weighted by molar-refractivity contribution is 8.00. The number of fused-ring (bicyclic) bond motifs is 9. The van der Waals surface area contributed by atoms with Gasteiger partial charge in [0.05, 0.1) is 36.8 Å². The number of rotatable bonds is 7. The van der Waals surface area contributed by atoms with Gasteiger partial charge in [-0.1, -0.05) is 41.7 Å². The van der Waals surface area contributed by atoms with Crippen LogP contribution in [0, 0.1) is 29.6 Å². The number of imide groups is 1. The van der Waals surface area contributed by atoms with E-state index in [9.17, 15) is 19.2 Å². The second-order valence-corrected chi connectivity index (χ2v) is 14.4. The molecule has 9 nitrogen and oxygen atoms in total. The highest BCUT2D eigenvalue weighted by Crippen LogP contribution is 2.69. The number of nitrogens with zero attached hydrogens (tertiary/aromatic N) is 2. The van der Waals surface area contributed by atoms with Crippen molar-refractivity contribution in [1.82, 2.24) is 4.57 Å². The number of carbonyl (C=O) groups is 3. The molecule has 2 aliphatic heterocycles. The van der Waals surface area contributed by atoms with Crippen molar-refractivity contribution in [3.63, 3.8) is 0 Å². The summed E-state index contributed by atoms with van der Waals surface area (Å²) in [6.07, 6.45) is 0.793. The van der Waals surface area contributed by atoms with E-state index in [0.29, 0.717) is 17.1 Å². The maximum absolute atomic E-state index is 14.0. The number of thioether (sulfide) groups is 1. The quantitative estimate of drug-likeness (QED) is 0.272. The zero-order valence-corrected chi connectivity index (χ0v) is 26.8. The minimum Gasteiger partial charge on any atom is -0.497 e. The lowest BCUT2D eigenvalue weighted by Gasteiger charge is -2.43. The van der Waals surface area contributed by atoms with Gasteiger partial charge in [-0.25, -0.2) is 0 Å². The molecule has 3 fully saturated rings. The average Bonchev–Trinajstić information content (AvgIpc) is 3.80. The predicted octanol–water partition coefficient (Wildman–Crippen LogP) is 5.24. The Kier molecular flexibility index (Phi) is 7.06. The van der Waals surface area contributed by atoms with Gasteiger partial charge in [-0.05, 0) is 78.3 Å². The number of anilines is 2. The van der Waals surface area contributed by atoms with Crippen LogP contribution in [0.2, 0.25) is 0 Å². The molecule has 234 valence electrons. The number of benzene rings is 3. The number of thiazole rings is 1. The number of carbonyl (C=O) groups excluding carboxylic acids is 3. The Morgan fingerprint density at radius 1 is 0.848 bits per heavy atom. The van der Waals surface area contributed by atoms with Crippen LogP contribution in [-0.2, 0) is 20.9 Å². The van der Waals surface area contributed by atoms with Crippen LogP contribution in [0.1, 0.15) is 22.8 Å². The first-order valence-corrected chi connectivity index (χ1v) is 17.0. The molecule has 1 saturated heterocycles. The molecule has 8 rings (SSSR count). The lowest BCUT2D eigenvalue weighted by molar-refractivity contribution is -0.123. The van der Waals surface area contributed by atoms with E-state index < -0.39 is 0 Å². The van der Waals surface area contributed by atoms with Crippen molar-refractivity contribution in [1.29, 1.82) is 0 Å². The Bertz CT molecular complexity index is 1910. The van der Waals surface area contributed by atoms with Crippen LogP contribution in [0.5, 0.6) is 11.5 Å². The van der Waals surface area contributed by atoms with Crippen LogP contribution in [0.15, 0.2) is 88.7 Å². The van der Waals surface area contributed by atoms with Gasteiger partial charge < -0.3 is 14.8 Å². The van der Waals surface area contributed by atoms with Gasteiger partial charge in [-0.15, -0.1) is 11.8 Å². The molecular weight excluding hydrogens is 623 g/mol. The first kappa shape index (κ1) is 29.1. The first-order valence-electron chi connectivity index (χ1n) is 15.3. The van der Waals surface area contributed by atoms with Crippen molar-refractivity contribution in [3.8, 4) is 11.5 Å². The number of aromatic nitrogens is 1. The number of hydrogen-bond acceptors (Lipinski definition) is 8. The maximum atomic E-state index is 14.0. The van der Waals surface area contributed by atoms with Crippen LogP contribution in [-0.4, -0.2) is 41.8 Å². The van der Waals surface area contributed by atoms with E-state index in [1.54, 1.807) is 54.8 Å². The van der Waals surface area contributed by atoms with Crippen molar-refractivity contribution in [2.75, 3.05) is 24.4 Å². The summed E-state index contributed by atoms with van der Waals surface area (Å²) in [5.41, 5.74) is 2.26. The molecule has 4 aromatic rings. The summed E-state index contributed by atoms with van der Waals surface area (Å²) in [5, 5.41) is 3.69. The topological polar surface area (TPSA) is 107 Å². The molecule has 4 aliphatic rings. The molecule has 2 saturated carbocycles. The van der Waals surface area contributed by atoms with Gasteiger partial charge in [0.1, 0.15) is 18.0 Å². The van der Waals surface area contributed by atoms with Gasteiger partial charge in [-0.3, -0.25) is 28.6 Å². The molecule has 2 bridgehead atoms. The predicted molar refractivity (Wildman–Crippen MR) is 176 cm³/mol. The molecule has 7 atom stereocenters. The smallest absolute Gasteiger partial charge is 0.308 e. The largest absolute Gasteiger partial charge is 0.497 e. The minimum atomic E-state index is -0.387. The van der Waals surface area contributed by atoms with E-state index in [-0.39, 0.29) is 69.9 Å². The van der Waals surface area contributed by atoms with Crippen LogP contribution in [0.3, 0.4) is 0 Å². The summed E-state index contributed by atoms with van der Waals surface area (Å²) in [6, 6.07) is 24.1. The molecule has 2 aliphatic carbocycles. The molecule has 7 unspecified atom stereocenters. The standard InChI is InChI=1S/C35H31N3O6S2/c1-43-21-12-8-18(9-13-21)26-27-23-16-24(29-28(23)32(40)38(33(29)41)20-6-4-3-5-7-20)30(27)45-34-31(26)46-35(42)37(34)17-25(39)36-19-10-14-22(44-2)15-11-19/h3-15,23-24,26-30H,16-17H2,1-2H3,(H,36,39). The van der Waals surface area contributed by atoms with E-state index >= 15 is 0 Å². The monoisotopic (exact) mass is 653 g/mol. The van der Waals surface area contributed by atoms with Crippen LogP contribution >= 0.6 is 23.1 Å². The van der Waals surface area contributed by atoms with Gasteiger partial charge >= 0.3 is 4.87 Å². The van der Waals surface area contributed by atoms with Crippen LogP contribution in [0.4, 0.5) is 11.4 Å². The fourth-order valence-electron chi connectivity index (χ4n) is 8.29. The third-order valence-electron chi connectivity index (χ3n) is 10.1. The molecule has 46 heavy (non-hydrogen) atoms. The van der Waals surface area contributed by atoms with Gasteiger partial charge in [0.2, 0.25) is 17.7 Å². The second-order valence-electron chi connectivity index (χ2n) is 12.3. The number of amides is 3. The summed E-state index contributed by atoms with van der Waals surface area (Å²) in [5.74, 6) is -0.00292. The number of ether oxygens (including phenoxy) is 2. The zero-order valence-electron chi connectivity index (χ0n) is 25.1. The molecule has 11 heteroatoms. The van der Waals surface area contributed by atoms with Crippen LogP contribution in [0.25, 0.3) is 0 Å². The fourth-order valence-corrected chi connectivity index (χ4v) is 11.4. The number of nitrogens with one attached hydrogen (secondary N) is 1. The van der Waals surface area contributed by atoms with Crippen molar-refractivity contribution in [3.05, 3.63) is 99.0 Å². The van der Waals surface area contributed by atoms with Crippen molar-refractivity contribution < 1.29 is 23.9 Å². The van der Waals surface area contributed by atoms with Crippen LogP contribution < -0.4 is 24.6 Å². The van der Waals surface area contributed by atoms with E-state index in [4.69, 9.17) is 9.47 Å². The van der Waals surface area contributed by atoms with E-state index in [2.05, 4.69) is 5.32 Å². The summed E-state index contributed by atoms with van der Waals surface area (Å²) in [7, 11) is 3.21. The number of para-hydroxylation sites is 1. The molecule has 0 spiro atoms. The van der Waals surface area contributed by atoms with E-state index in [1.165, 1.54) is 16.2 Å². The fraction of sp³-hybridized carbons (Fsp3) is 0.314. The summed E-state index contributed by atoms with van der Waals surface area (Å²) < 4.78 is 12.2. The average molecular weight is 654 g/mol. The van der Waals surface area contributed by atoms with Gasteiger partial charge in [0.15, 0.2) is 0 Å². The Morgan fingerprint density at radius 2 is 1.48 bits per heavy atom. The highest BCUT2D eigenvalue weighted by Gasteiger charge is 2.69. The highest BCUT2D eigenvalue weighted by atomic mass is 32.2. The third kappa shape index (κ3) is 4.43. The van der Waals surface area contributed by atoms with Gasteiger partial charge in [0.25, 0.3) is 0 Å². The Hall–Kier alpha value is -4.35. The molecular formula is C35H31N3O6S2. The van der Waals surface area contributed by atoms with Gasteiger partial charge in [0, 0.05) is 21.7 Å². The van der Waals surface area contributed by atoms with E-state index in [0.717, 1.165) is 27.6 Å². The maximum Gasteiger partial charge on any atom is 0.308 e. The summed E-state index contributed by atoms with van der Waals surface area (Å²) in [6.45, 7) is -0.129. The zero-order chi connectivity index (χ0) is 31.7. The first-order chi connectivity index (χ1) is 22.4. The Labute approximate surface area is 273 Å². The SMILES string of the molecule is COc1ccc(NC(=O)Cn2c3c(sc2=O)C(c2ccc(OC)cc2)C2C4CC(C2S3)C2C(=O)N(c3ccccc3)C(=O)C42)cc1. The third-order valence-corrected chi connectivity index (χ3v) is 12.9. The normalized spacial score (nSPS) is 27.3. The number of methoxy groups -OCH3 is 2. The lowest BCUT2D eigenvalue weighted by atomic mass is 9.68. The molecule has 3 amide bonds. The molecule has 3 heterocycles. The lowest BCUT2D eigenvalue weighted by Crippen LogP contribution is -2.43. The Balaban J connectivity index is 1.16. The molecule has 0 radical (unpaired) electrons. The minimum absolute atomic E-state index is 0.00179. The molecule has 1 N–H and O–H groups in total. The summed E-state index contributed by atoms with van der Waals surface area (Å²) in [4.78, 5) is 56.9. The van der Waals surface area contributed by atoms with Gasteiger partial charge in [-0.2, -0.15) is 0 Å².